The molecule has 4 aliphatic rings. The van der Waals surface area contributed by atoms with Crippen LogP contribution < -0.4 is 0 Å². The van der Waals surface area contributed by atoms with Gasteiger partial charge < -0.3 is 9.47 Å². The minimum absolute atomic E-state index is 0.0535. The van der Waals surface area contributed by atoms with Crippen LogP contribution in [0.1, 0.15) is 39.0 Å². The van der Waals surface area contributed by atoms with Crippen molar-refractivity contribution in [1.82, 2.24) is 0 Å². The fourth-order valence-corrected chi connectivity index (χ4v) is 7.55. The second-order valence-corrected chi connectivity index (χ2v) is 9.93. The molecule has 3 fully saturated rings. The van der Waals surface area contributed by atoms with Crippen molar-refractivity contribution < 1.29 is 9.47 Å². The Bertz CT molecular complexity index is 483. The SMILES string of the molecule is C=C[C@@H]1COC2(CCCC3=CC4(CC[C@@]32C)SCCS4)O1. The van der Waals surface area contributed by atoms with Gasteiger partial charge in [0.25, 0.3) is 0 Å². The average Bonchev–Trinajstić information content (AvgIpc) is 3.11. The van der Waals surface area contributed by atoms with Gasteiger partial charge in [0.1, 0.15) is 6.10 Å². The predicted molar refractivity (Wildman–Crippen MR) is 90.7 cm³/mol. The number of hydrogen-bond donors (Lipinski definition) is 0. The molecule has 0 amide bonds. The van der Waals surface area contributed by atoms with Gasteiger partial charge >= 0.3 is 0 Å². The summed E-state index contributed by atoms with van der Waals surface area (Å²) in [6, 6.07) is 0. The van der Waals surface area contributed by atoms with Crippen LogP contribution in [0.15, 0.2) is 24.3 Å². The zero-order valence-electron chi connectivity index (χ0n) is 12.7. The molecule has 1 saturated carbocycles. The molecule has 0 aromatic carbocycles. The third-order valence-electron chi connectivity index (χ3n) is 5.73. The van der Waals surface area contributed by atoms with E-state index in [1.807, 2.05) is 6.08 Å². The number of fused-ring (bicyclic) bond motifs is 2. The summed E-state index contributed by atoms with van der Waals surface area (Å²) in [5.41, 5.74) is 1.64. The van der Waals surface area contributed by atoms with Gasteiger partial charge in [0.2, 0.25) is 0 Å². The summed E-state index contributed by atoms with van der Waals surface area (Å²) in [6.07, 6.45) is 10.4. The lowest BCUT2D eigenvalue weighted by Crippen LogP contribution is -2.53. The quantitative estimate of drug-likeness (QED) is 0.666. The minimum atomic E-state index is -0.397. The first-order valence-corrected chi connectivity index (χ1v) is 10.0. The molecule has 2 aliphatic carbocycles. The topological polar surface area (TPSA) is 18.5 Å². The highest BCUT2D eigenvalue weighted by Crippen LogP contribution is 2.62. The van der Waals surface area contributed by atoms with Crippen molar-refractivity contribution in [1.29, 1.82) is 0 Å². The molecule has 2 aliphatic heterocycles. The van der Waals surface area contributed by atoms with Crippen LogP contribution in [-0.2, 0) is 9.47 Å². The Kier molecular flexibility index (Phi) is 3.53. The zero-order valence-corrected chi connectivity index (χ0v) is 14.4. The summed E-state index contributed by atoms with van der Waals surface area (Å²) in [6.45, 7) is 6.92. The summed E-state index contributed by atoms with van der Waals surface area (Å²) >= 11 is 4.29. The maximum atomic E-state index is 6.37. The number of rotatable bonds is 1. The predicted octanol–water partition coefficient (Wildman–Crippen LogP) is 4.37. The molecule has 0 radical (unpaired) electrons. The minimum Gasteiger partial charge on any atom is -0.346 e. The molecule has 0 N–H and O–H groups in total. The van der Waals surface area contributed by atoms with Gasteiger partial charge in [-0.2, -0.15) is 0 Å². The summed E-state index contributed by atoms with van der Waals surface area (Å²) < 4.78 is 13.0. The van der Waals surface area contributed by atoms with E-state index in [-0.39, 0.29) is 11.5 Å². The van der Waals surface area contributed by atoms with E-state index in [2.05, 4.69) is 43.1 Å². The van der Waals surface area contributed by atoms with E-state index in [9.17, 15) is 0 Å². The van der Waals surface area contributed by atoms with Gasteiger partial charge in [-0.1, -0.05) is 24.6 Å². The van der Waals surface area contributed by atoms with E-state index < -0.39 is 5.79 Å². The molecule has 4 heteroatoms. The van der Waals surface area contributed by atoms with Crippen LogP contribution in [-0.4, -0.2) is 34.1 Å². The smallest absolute Gasteiger partial charge is 0.178 e. The van der Waals surface area contributed by atoms with Crippen molar-refractivity contribution in [2.45, 2.75) is 55.0 Å². The molecule has 116 valence electrons. The first kappa shape index (κ1) is 14.7. The summed E-state index contributed by atoms with van der Waals surface area (Å²) in [4.78, 5) is 0. The fourth-order valence-electron chi connectivity index (χ4n) is 4.42. The molecule has 4 rings (SSSR count). The lowest BCUT2D eigenvalue weighted by molar-refractivity contribution is -0.242. The highest BCUT2D eigenvalue weighted by Gasteiger charge is 2.60. The van der Waals surface area contributed by atoms with E-state index in [0.29, 0.717) is 10.7 Å². The third-order valence-corrected chi connectivity index (χ3v) is 9.13. The highest BCUT2D eigenvalue weighted by molar-refractivity contribution is 8.21. The molecule has 2 heterocycles. The van der Waals surface area contributed by atoms with Crippen LogP contribution in [0.5, 0.6) is 0 Å². The van der Waals surface area contributed by atoms with Crippen LogP contribution in [0.25, 0.3) is 0 Å². The largest absolute Gasteiger partial charge is 0.346 e. The Labute approximate surface area is 136 Å². The highest BCUT2D eigenvalue weighted by atomic mass is 32.2. The molecule has 2 spiro atoms. The fraction of sp³-hybridized carbons (Fsp3) is 0.765. The second-order valence-electron chi connectivity index (χ2n) is 6.82. The lowest BCUT2D eigenvalue weighted by Gasteiger charge is -2.53. The zero-order chi connectivity index (χ0) is 14.6. The molecule has 2 saturated heterocycles. The Hall–Kier alpha value is 0.1000. The Morgan fingerprint density at radius 3 is 2.81 bits per heavy atom. The number of hydrogen-bond acceptors (Lipinski definition) is 4. The molecular formula is C17H24O2S2. The molecular weight excluding hydrogens is 300 g/mol. The molecule has 1 unspecified atom stereocenters. The Morgan fingerprint density at radius 2 is 2.10 bits per heavy atom. The second kappa shape index (κ2) is 5.05. The molecule has 21 heavy (non-hydrogen) atoms. The first-order valence-electron chi connectivity index (χ1n) is 8.06. The first-order chi connectivity index (χ1) is 10.1. The summed E-state index contributed by atoms with van der Waals surface area (Å²) in [5.74, 6) is 2.19. The van der Waals surface area contributed by atoms with Gasteiger partial charge in [-0.15, -0.1) is 30.1 Å². The van der Waals surface area contributed by atoms with E-state index in [1.165, 1.54) is 37.2 Å². The van der Waals surface area contributed by atoms with Crippen molar-refractivity contribution in [3.8, 4) is 0 Å². The van der Waals surface area contributed by atoms with E-state index >= 15 is 0 Å². The van der Waals surface area contributed by atoms with Gasteiger partial charge in [-0.05, 0) is 25.7 Å². The lowest BCUT2D eigenvalue weighted by atomic mass is 9.62. The van der Waals surface area contributed by atoms with Crippen molar-refractivity contribution in [3.63, 3.8) is 0 Å². The van der Waals surface area contributed by atoms with Gasteiger partial charge in [0.15, 0.2) is 5.79 Å². The van der Waals surface area contributed by atoms with Crippen molar-refractivity contribution in [2.24, 2.45) is 5.41 Å². The van der Waals surface area contributed by atoms with Crippen LogP contribution in [0, 0.1) is 5.41 Å². The molecule has 3 atom stereocenters. The van der Waals surface area contributed by atoms with Gasteiger partial charge in [-0.25, -0.2) is 0 Å². The normalized spacial score (nSPS) is 44.8. The van der Waals surface area contributed by atoms with Gasteiger partial charge in [0.05, 0.1) is 10.7 Å². The summed E-state index contributed by atoms with van der Waals surface area (Å²) in [5, 5.41) is 0. The van der Waals surface area contributed by atoms with Gasteiger partial charge in [-0.3, -0.25) is 0 Å². The number of thioether (sulfide) groups is 2. The van der Waals surface area contributed by atoms with Crippen molar-refractivity contribution >= 4 is 23.5 Å². The average molecular weight is 325 g/mol. The van der Waals surface area contributed by atoms with E-state index in [0.717, 1.165) is 6.42 Å². The Morgan fingerprint density at radius 1 is 1.29 bits per heavy atom. The van der Waals surface area contributed by atoms with Gasteiger partial charge in [0, 0.05) is 23.3 Å². The molecule has 0 aromatic heterocycles. The summed E-state index contributed by atoms with van der Waals surface area (Å²) in [7, 11) is 0. The standard InChI is InChI=1S/C17H24O2S2/c1-3-14-12-18-17(19-14)6-4-5-13-11-16(20-9-10-21-16)8-7-15(13,17)2/h3,11,14H,1,4-10,12H2,2H3/t14-,15+,17?/m1/s1. The molecule has 0 bridgehead atoms. The monoisotopic (exact) mass is 324 g/mol. The van der Waals surface area contributed by atoms with E-state index in [1.54, 1.807) is 5.57 Å². The maximum absolute atomic E-state index is 6.37. The molecule has 0 aromatic rings. The maximum Gasteiger partial charge on any atom is 0.178 e. The number of ether oxygens (including phenoxy) is 2. The van der Waals surface area contributed by atoms with Crippen molar-refractivity contribution in [2.75, 3.05) is 18.1 Å². The van der Waals surface area contributed by atoms with Crippen LogP contribution in [0.3, 0.4) is 0 Å². The third kappa shape index (κ3) is 2.09. The molecule has 2 nitrogen and oxygen atoms in total. The van der Waals surface area contributed by atoms with Crippen molar-refractivity contribution in [3.05, 3.63) is 24.3 Å². The van der Waals surface area contributed by atoms with Crippen LogP contribution in [0.2, 0.25) is 0 Å². The Balaban J connectivity index is 1.70. The van der Waals surface area contributed by atoms with Crippen LogP contribution in [0.4, 0.5) is 0 Å². The van der Waals surface area contributed by atoms with E-state index in [4.69, 9.17) is 9.47 Å². The van der Waals surface area contributed by atoms with Crippen LogP contribution >= 0.6 is 23.5 Å².